The SMILES string of the molecule is CCCNC(c1ccc(C)s1)C1CCC(CCC)CC1. The highest BCUT2D eigenvalue weighted by Crippen LogP contribution is 2.40. The van der Waals surface area contributed by atoms with Crippen molar-refractivity contribution < 1.29 is 0 Å². The van der Waals surface area contributed by atoms with Gasteiger partial charge in [0.2, 0.25) is 0 Å². The van der Waals surface area contributed by atoms with E-state index in [1.165, 1.54) is 49.8 Å². The third-order valence-electron chi connectivity index (χ3n) is 4.74. The number of aryl methyl sites for hydroxylation is 1. The molecule has 1 aliphatic rings. The predicted octanol–water partition coefficient (Wildman–Crippen LogP) is 5.70. The van der Waals surface area contributed by atoms with Crippen LogP contribution in [0.1, 0.15) is 74.6 Å². The molecule has 0 aliphatic heterocycles. The van der Waals surface area contributed by atoms with E-state index in [2.05, 4.69) is 38.2 Å². The molecule has 0 spiro atoms. The molecule has 0 saturated heterocycles. The topological polar surface area (TPSA) is 12.0 Å². The van der Waals surface area contributed by atoms with Gasteiger partial charge in [-0.2, -0.15) is 0 Å². The third kappa shape index (κ3) is 4.33. The van der Waals surface area contributed by atoms with Gasteiger partial charge in [-0.05, 0) is 56.7 Å². The van der Waals surface area contributed by atoms with Crippen molar-refractivity contribution in [1.29, 1.82) is 0 Å². The normalized spacial score (nSPS) is 24.8. The lowest BCUT2D eigenvalue weighted by molar-refractivity contribution is 0.216. The number of nitrogens with one attached hydrogen (secondary N) is 1. The lowest BCUT2D eigenvalue weighted by Gasteiger charge is -2.34. The monoisotopic (exact) mass is 293 g/mol. The number of thiophene rings is 1. The first-order valence-corrected chi connectivity index (χ1v) is 9.36. The predicted molar refractivity (Wildman–Crippen MR) is 90.4 cm³/mol. The van der Waals surface area contributed by atoms with Crippen LogP contribution in [0.4, 0.5) is 0 Å². The van der Waals surface area contributed by atoms with Crippen molar-refractivity contribution in [1.82, 2.24) is 5.32 Å². The van der Waals surface area contributed by atoms with E-state index in [-0.39, 0.29) is 0 Å². The van der Waals surface area contributed by atoms with Gasteiger partial charge < -0.3 is 5.32 Å². The molecule has 0 bridgehead atoms. The van der Waals surface area contributed by atoms with E-state index in [1.807, 2.05) is 11.3 Å². The van der Waals surface area contributed by atoms with Crippen molar-refractivity contribution in [3.8, 4) is 0 Å². The Morgan fingerprint density at radius 1 is 1.15 bits per heavy atom. The van der Waals surface area contributed by atoms with Crippen molar-refractivity contribution in [2.75, 3.05) is 6.54 Å². The molecule has 2 heteroatoms. The summed E-state index contributed by atoms with van der Waals surface area (Å²) in [6.45, 7) is 7.97. The van der Waals surface area contributed by atoms with Crippen LogP contribution in [-0.2, 0) is 0 Å². The van der Waals surface area contributed by atoms with E-state index in [1.54, 1.807) is 4.88 Å². The van der Waals surface area contributed by atoms with Crippen molar-refractivity contribution in [2.45, 2.75) is 71.8 Å². The highest BCUT2D eigenvalue weighted by atomic mass is 32.1. The second-order valence-electron chi connectivity index (χ2n) is 6.45. The Morgan fingerprint density at radius 3 is 2.45 bits per heavy atom. The average Bonchev–Trinajstić information content (AvgIpc) is 2.88. The summed E-state index contributed by atoms with van der Waals surface area (Å²) in [5.41, 5.74) is 0. The fourth-order valence-corrected chi connectivity index (χ4v) is 4.69. The van der Waals surface area contributed by atoms with Gasteiger partial charge in [0.25, 0.3) is 0 Å². The Morgan fingerprint density at radius 2 is 1.90 bits per heavy atom. The highest BCUT2D eigenvalue weighted by molar-refractivity contribution is 7.12. The van der Waals surface area contributed by atoms with E-state index in [0.717, 1.165) is 18.4 Å². The standard InChI is InChI=1S/C18H31NS/c1-4-6-15-8-10-16(11-9-15)18(19-13-5-2)17-12-7-14(3)20-17/h7,12,15-16,18-19H,4-6,8-11,13H2,1-3H3. The molecule has 1 fully saturated rings. The zero-order chi connectivity index (χ0) is 14.4. The first-order valence-electron chi connectivity index (χ1n) is 8.54. The van der Waals surface area contributed by atoms with E-state index in [0.29, 0.717) is 6.04 Å². The summed E-state index contributed by atoms with van der Waals surface area (Å²) in [6, 6.07) is 5.24. The summed E-state index contributed by atoms with van der Waals surface area (Å²) in [7, 11) is 0. The summed E-state index contributed by atoms with van der Waals surface area (Å²) in [5, 5.41) is 3.83. The van der Waals surface area contributed by atoms with Crippen LogP contribution in [0.5, 0.6) is 0 Å². The minimum absolute atomic E-state index is 0.608. The highest BCUT2D eigenvalue weighted by Gasteiger charge is 2.28. The Labute approximate surface area is 129 Å². The van der Waals surface area contributed by atoms with Crippen LogP contribution in [0, 0.1) is 18.8 Å². The van der Waals surface area contributed by atoms with Crippen molar-refractivity contribution in [3.05, 3.63) is 21.9 Å². The zero-order valence-electron chi connectivity index (χ0n) is 13.5. The molecule has 1 heterocycles. The van der Waals surface area contributed by atoms with Gasteiger partial charge >= 0.3 is 0 Å². The Kier molecular flexibility index (Phi) is 6.57. The fraction of sp³-hybridized carbons (Fsp3) is 0.778. The first-order chi connectivity index (χ1) is 9.74. The molecule has 0 aromatic carbocycles. The second-order valence-corrected chi connectivity index (χ2v) is 7.77. The number of hydrogen-bond donors (Lipinski definition) is 1. The van der Waals surface area contributed by atoms with Crippen molar-refractivity contribution in [2.24, 2.45) is 11.8 Å². The molecular weight excluding hydrogens is 262 g/mol. The molecule has 2 rings (SSSR count). The van der Waals surface area contributed by atoms with Crippen molar-refractivity contribution >= 4 is 11.3 Å². The molecule has 1 atom stereocenters. The molecule has 1 N–H and O–H groups in total. The summed E-state index contributed by atoms with van der Waals surface area (Å²) >= 11 is 1.99. The largest absolute Gasteiger partial charge is 0.309 e. The van der Waals surface area contributed by atoms with Gasteiger partial charge in [0.15, 0.2) is 0 Å². The smallest absolute Gasteiger partial charge is 0.0443 e. The molecule has 0 amide bonds. The summed E-state index contributed by atoms with van der Waals surface area (Å²) in [6.07, 6.45) is 9.77. The number of rotatable bonds is 7. The van der Waals surface area contributed by atoms with E-state index < -0.39 is 0 Å². The van der Waals surface area contributed by atoms with E-state index in [4.69, 9.17) is 0 Å². The van der Waals surface area contributed by atoms with Crippen LogP contribution < -0.4 is 5.32 Å². The molecule has 1 saturated carbocycles. The van der Waals surface area contributed by atoms with Crippen LogP contribution in [0.25, 0.3) is 0 Å². The molecule has 1 aromatic heterocycles. The maximum Gasteiger partial charge on any atom is 0.0443 e. The summed E-state index contributed by atoms with van der Waals surface area (Å²) in [4.78, 5) is 3.01. The Bertz CT molecular complexity index is 377. The fourth-order valence-electron chi connectivity index (χ4n) is 3.64. The van der Waals surface area contributed by atoms with Crippen LogP contribution in [0.15, 0.2) is 12.1 Å². The van der Waals surface area contributed by atoms with Crippen LogP contribution >= 0.6 is 11.3 Å². The first kappa shape index (κ1) is 16.0. The Hall–Kier alpha value is -0.340. The second kappa shape index (κ2) is 8.19. The quantitative estimate of drug-likeness (QED) is 0.679. The van der Waals surface area contributed by atoms with Gasteiger partial charge in [0, 0.05) is 15.8 Å². The van der Waals surface area contributed by atoms with Gasteiger partial charge in [-0.3, -0.25) is 0 Å². The van der Waals surface area contributed by atoms with Crippen LogP contribution in [-0.4, -0.2) is 6.54 Å². The molecule has 1 aliphatic carbocycles. The minimum Gasteiger partial charge on any atom is -0.309 e. The molecule has 0 radical (unpaired) electrons. The van der Waals surface area contributed by atoms with Gasteiger partial charge in [-0.1, -0.05) is 39.5 Å². The number of hydrogen-bond acceptors (Lipinski definition) is 2. The molecule has 1 unspecified atom stereocenters. The Balaban J connectivity index is 1.97. The maximum atomic E-state index is 3.83. The molecular formula is C18H31NS. The maximum absolute atomic E-state index is 3.83. The summed E-state index contributed by atoms with van der Waals surface area (Å²) in [5.74, 6) is 1.86. The van der Waals surface area contributed by atoms with Crippen LogP contribution in [0.2, 0.25) is 0 Å². The lowest BCUT2D eigenvalue weighted by Crippen LogP contribution is -2.31. The van der Waals surface area contributed by atoms with Crippen molar-refractivity contribution in [3.63, 3.8) is 0 Å². The lowest BCUT2D eigenvalue weighted by atomic mass is 9.76. The van der Waals surface area contributed by atoms with Gasteiger partial charge in [-0.25, -0.2) is 0 Å². The molecule has 20 heavy (non-hydrogen) atoms. The van der Waals surface area contributed by atoms with Gasteiger partial charge in [0.1, 0.15) is 0 Å². The van der Waals surface area contributed by atoms with Crippen LogP contribution in [0.3, 0.4) is 0 Å². The molecule has 1 nitrogen and oxygen atoms in total. The summed E-state index contributed by atoms with van der Waals surface area (Å²) < 4.78 is 0. The van der Waals surface area contributed by atoms with E-state index >= 15 is 0 Å². The average molecular weight is 294 g/mol. The third-order valence-corrected chi connectivity index (χ3v) is 5.83. The minimum atomic E-state index is 0.608. The molecule has 114 valence electrons. The molecule has 1 aromatic rings. The van der Waals surface area contributed by atoms with E-state index in [9.17, 15) is 0 Å². The van der Waals surface area contributed by atoms with Gasteiger partial charge in [0.05, 0.1) is 0 Å². The van der Waals surface area contributed by atoms with Gasteiger partial charge in [-0.15, -0.1) is 11.3 Å². The zero-order valence-corrected chi connectivity index (χ0v) is 14.3.